The molecule has 0 radical (unpaired) electrons. The largest absolute Gasteiger partial charge is 0.300 e. The molecule has 0 saturated heterocycles. The van der Waals surface area contributed by atoms with Crippen molar-refractivity contribution >= 4 is 34.0 Å². The summed E-state index contributed by atoms with van der Waals surface area (Å²) in [6.45, 7) is 3.23. The minimum atomic E-state index is -0.779. The summed E-state index contributed by atoms with van der Waals surface area (Å²) in [6.07, 6.45) is 0.209. The van der Waals surface area contributed by atoms with Gasteiger partial charge in [-0.25, -0.2) is 0 Å². The molecule has 0 bridgehead atoms. The predicted molar refractivity (Wildman–Crippen MR) is 75.0 cm³/mol. The molecule has 2 nitrogen and oxygen atoms in total. The van der Waals surface area contributed by atoms with E-state index in [-0.39, 0.29) is 12.2 Å². The fraction of sp³-hybridized carbons (Fsp3) is 0.308. The number of hydrogen-bond donors (Lipinski definition) is 0. The molecule has 1 aromatic carbocycles. The van der Waals surface area contributed by atoms with Gasteiger partial charge in [-0.05, 0) is 19.4 Å². The van der Waals surface area contributed by atoms with Crippen molar-refractivity contribution in [3.63, 3.8) is 0 Å². The van der Waals surface area contributed by atoms with Gasteiger partial charge in [0, 0.05) is 6.42 Å². The second-order valence-corrected chi connectivity index (χ2v) is 6.16. The number of hydrogen-bond acceptors (Lipinski definition) is 4. The second kappa shape index (κ2) is 5.95. The number of rotatable bonds is 4. The summed E-state index contributed by atoms with van der Waals surface area (Å²) in [5, 5.41) is 9.15. The highest BCUT2D eigenvalue weighted by Gasteiger charge is 2.28. The molecule has 88 valence electrons. The fourth-order valence-electron chi connectivity index (χ4n) is 1.41. The summed E-state index contributed by atoms with van der Waals surface area (Å²) >= 11 is 6.57. The lowest BCUT2D eigenvalue weighted by molar-refractivity contribution is -0.117. The average Bonchev–Trinajstić information content (AvgIpc) is 2.29. The van der Waals surface area contributed by atoms with Gasteiger partial charge in [-0.15, -0.1) is 0 Å². The van der Waals surface area contributed by atoms with Gasteiger partial charge < -0.3 is 0 Å². The summed E-state index contributed by atoms with van der Waals surface area (Å²) in [7, 11) is 0. The molecule has 1 unspecified atom stereocenters. The Morgan fingerprint density at radius 1 is 1.47 bits per heavy atom. The van der Waals surface area contributed by atoms with Gasteiger partial charge in [-0.3, -0.25) is 4.79 Å². The maximum absolute atomic E-state index is 11.1. The van der Waals surface area contributed by atoms with Crippen LogP contribution in [-0.2, 0) is 4.79 Å². The Kier molecular flexibility index (Phi) is 4.86. The normalized spacial score (nSPS) is 13.5. The highest BCUT2D eigenvalue weighted by Crippen LogP contribution is 2.32. The number of carbonyl (C=O) groups excluding carboxylic acids is 1. The summed E-state index contributed by atoms with van der Waals surface area (Å²) in [6, 6.07) is 11.7. The Morgan fingerprint density at radius 3 is 2.53 bits per heavy atom. The van der Waals surface area contributed by atoms with Crippen LogP contribution >= 0.6 is 24.0 Å². The van der Waals surface area contributed by atoms with Crippen LogP contribution in [0.2, 0.25) is 0 Å². The predicted octanol–water partition coefficient (Wildman–Crippen LogP) is 3.36. The number of thioether (sulfide) groups is 1. The van der Waals surface area contributed by atoms with E-state index in [1.165, 1.54) is 18.7 Å². The Hall–Kier alpha value is -1.18. The Morgan fingerprint density at radius 2 is 2.06 bits per heavy atom. The van der Waals surface area contributed by atoms with Crippen LogP contribution in [0.5, 0.6) is 0 Å². The molecular formula is C13H13NOS2. The Bertz CT molecular complexity index is 464. The van der Waals surface area contributed by atoms with Gasteiger partial charge in [0.15, 0.2) is 0 Å². The number of benzene rings is 1. The molecule has 0 aromatic heterocycles. The van der Waals surface area contributed by atoms with Crippen LogP contribution < -0.4 is 0 Å². The van der Waals surface area contributed by atoms with E-state index in [4.69, 9.17) is 17.5 Å². The lowest BCUT2D eigenvalue weighted by atomic mass is 10.1. The third-order valence-electron chi connectivity index (χ3n) is 2.15. The summed E-state index contributed by atoms with van der Waals surface area (Å²) in [5.41, 5.74) is 0.914. The number of nitrogens with zero attached hydrogens (tertiary/aromatic N) is 1. The van der Waals surface area contributed by atoms with Gasteiger partial charge in [0.25, 0.3) is 0 Å². The molecule has 1 atom stereocenters. The molecule has 0 aliphatic carbocycles. The van der Waals surface area contributed by atoms with Crippen LogP contribution in [0.3, 0.4) is 0 Å². The molecule has 1 rings (SSSR count). The lowest BCUT2D eigenvalue weighted by Crippen LogP contribution is -2.23. The maximum atomic E-state index is 11.1. The third kappa shape index (κ3) is 4.29. The quantitative estimate of drug-likeness (QED) is 0.781. The van der Waals surface area contributed by atoms with Crippen molar-refractivity contribution in [1.29, 1.82) is 5.26 Å². The summed E-state index contributed by atoms with van der Waals surface area (Å²) in [4.78, 5) is 11.1. The minimum absolute atomic E-state index is 0.00240. The number of nitriles is 1. The number of ketones is 1. The first-order chi connectivity index (χ1) is 7.97. The van der Waals surface area contributed by atoms with Gasteiger partial charge in [0.2, 0.25) is 0 Å². The first-order valence-electron chi connectivity index (χ1n) is 5.16. The van der Waals surface area contributed by atoms with Gasteiger partial charge >= 0.3 is 0 Å². The van der Waals surface area contributed by atoms with Crippen LogP contribution in [0.25, 0.3) is 0 Å². The van der Waals surface area contributed by atoms with Gasteiger partial charge in [0.05, 0.1) is 10.3 Å². The topological polar surface area (TPSA) is 40.9 Å². The summed E-state index contributed by atoms with van der Waals surface area (Å²) < 4.78 is -0.130. The molecule has 0 N–H and O–H groups in total. The van der Waals surface area contributed by atoms with E-state index < -0.39 is 4.75 Å². The van der Waals surface area contributed by atoms with Gasteiger partial charge in [0.1, 0.15) is 10.5 Å². The van der Waals surface area contributed by atoms with E-state index in [9.17, 15) is 4.79 Å². The molecule has 17 heavy (non-hydrogen) atoms. The zero-order valence-corrected chi connectivity index (χ0v) is 11.4. The van der Waals surface area contributed by atoms with E-state index in [0.717, 1.165) is 5.56 Å². The van der Waals surface area contributed by atoms with Crippen molar-refractivity contribution in [3.05, 3.63) is 35.9 Å². The van der Waals surface area contributed by atoms with E-state index in [2.05, 4.69) is 6.07 Å². The van der Waals surface area contributed by atoms with Crippen LogP contribution in [0.4, 0.5) is 0 Å². The molecule has 1 aromatic rings. The Balaban J connectivity index is 2.80. The molecule has 0 fully saturated rings. The van der Waals surface area contributed by atoms with Gasteiger partial charge in [-0.2, -0.15) is 5.26 Å². The number of thiocarbonyl (C=S) groups is 1. The zero-order valence-electron chi connectivity index (χ0n) is 9.77. The highest BCUT2D eigenvalue weighted by molar-refractivity contribution is 8.24. The molecular weight excluding hydrogens is 250 g/mol. The molecule has 0 aliphatic rings. The third-order valence-corrected chi connectivity index (χ3v) is 3.74. The van der Waals surface area contributed by atoms with Crippen molar-refractivity contribution in [2.24, 2.45) is 0 Å². The van der Waals surface area contributed by atoms with E-state index >= 15 is 0 Å². The van der Waals surface area contributed by atoms with Crippen LogP contribution in [-0.4, -0.2) is 14.7 Å². The summed E-state index contributed by atoms with van der Waals surface area (Å²) in [5.74, 6) is -0.00240. The average molecular weight is 263 g/mol. The van der Waals surface area contributed by atoms with Crippen molar-refractivity contribution in [3.8, 4) is 6.07 Å². The molecule has 0 saturated carbocycles. The van der Waals surface area contributed by atoms with Crippen LogP contribution in [0.1, 0.15) is 25.8 Å². The van der Waals surface area contributed by atoms with E-state index in [0.29, 0.717) is 4.20 Å². The molecule has 0 heterocycles. The number of Topliss-reactive ketones (excluding diaryl/α,β-unsaturated/α-hetero) is 1. The van der Waals surface area contributed by atoms with E-state index in [1.54, 1.807) is 6.92 Å². The van der Waals surface area contributed by atoms with Crippen molar-refractivity contribution in [2.45, 2.75) is 25.0 Å². The fourth-order valence-corrected chi connectivity index (χ4v) is 3.08. The van der Waals surface area contributed by atoms with Crippen LogP contribution in [0.15, 0.2) is 30.3 Å². The van der Waals surface area contributed by atoms with Gasteiger partial charge in [-0.1, -0.05) is 54.3 Å². The van der Waals surface area contributed by atoms with Crippen molar-refractivity contribution < 1.29 is 4.79 Å². The SMILES string of the molecule is CC(=O)CC(C)(C#N)SC(=S)c1ccccc1. The monoisotopic (exact) mass is 263 g/mol. The zero-order chi connectivity index (χ0) is 12.9. The molecule has 0 aliphatic heterocycles. The molecule has 0 amide bonds. The van der Waals surface area contributed by atoms with Crippen molar-refractivity contribution in [1.82, 2.24) is 0 Å². The second-order valence-electron chi connectivity index (χ2n) is 3.98. The highest BCUT2D eigenvalue weighted by atomic mass is 32.2. The first kappa shape index (κ1) is 13.9. The maximum Gasteiger partial charge on any atom is 0.132 e. The number of carbonyl (C=O) groups is 1. The molecule has 4 heteroatoms. The van der Waals surface area contributed by atoms with Crippen LogP contribution in [0, 0.1) is 11.3 Å². The standard InChI is InChI=1S/C13H13NOS2/c1-10(15)8-13(2,9-14)17-12(16)11-6-4-3-5-7-11/h3-7H,8H2,1-2H3. The molecule has 0 spiro atoms. The van der Waals surface area contributed by atoms with E-state index in [1.807, 2.05) is 30.3 Å². The van der Waals surface area contributed by atoms with Crippen molar-refractivity contribution in [2.75, 3.05) is 0 Å². The smallest absolute Gasteiger partial charge is 0.132 e. The first-order valence-corrected chi connectivity index (χ1v) is 6.38. The Labute approximate surface area is 111 Å². The minimum Gasteiger partial charge on any atom is -0.300 e. The lowest BCUT2D eigenvalue weighted by Gasteiger charge is -2.19.